The Morgan fingerprint density at radius 1 is 1.36 bits per heavy atom. The first kappa shape index (κ1) is 15.9. The number of hydrogen-bond acceptors (Lipinski definition) is 4. The van der Waals surface area contributed by atoms with Gasteiger partial charge in [0.15, 0.2) is 0 Å². The minimum atomic E-state index is -0.264. The number of fused-ring (bicyclic) bond motifs is 3. The SMILES string of the molecule is C=C1C(=O)O[C@H]2c3c(C)c(OCc4ccccn4)cc(C)c3CC[C@@H]12. The molecule has 1 aliphatic carbocycles. The van der Waals surface area contributed by atoms with Crippen molar-refractivity contribution in [2.45, 2.75) is 39.4 Å². The summed E-state index contributed by atoms with van der Waals surface area (Å²) in [6, 6.07) is 7.87. The molecule has 2 aliphatic rings. The van der Waals surface area contributed by atoms with Gasteiger partial charge in [-0.15, -0.1) is 0 Å². The molecule has 2 atom stereocenters. The smallest absolute Gasteiger partial charge is 0.334 e. The van der Waals surface area contributed by atoms with Gasteiger partial charge >= 0.3 is 5.97 Å². The molecular weight excluding hydrogens is 314 g/mol. The van der Waals surface area contributed by atoms with Crippen LogP contribution in [0.2, 0.25) is 0 Å². The lowest BCUT2D eigenvalue weighted by Crippen LogP contribution is -2.20. The molecule has 25 heavy (non-hydrogen) atoms. The zero-order valence-corrected chi connectivity index (χ0v) is 14.5. The van der Waals surface area contributed by atoms with Gasteiger partial charge in [-0.3, -0.25) is 4.98 Å². The Balaban J connectivity index is 1.69. The zero-order chi connectivity index (χ0) is 17.6. The van der Waals surface area contributed by atoms with Crippen LogP contribution < -0.4 is 4.74 Å². The average molecular weight is 335 g/mol. The van der Waals surface area contributed by atoms with Crippen LogP contribution in [-0.4, -0.2) is 11.0 Å². The van der Waals surface area contributed by atoms with E-state index < -0.39 is 0 Å². The lowest BCUT2D eigenvalue weighted by molar-refractivity contribution is -0.139. The minimum Gasteiger partial charge on any atom is -0.487 e. The maximum Gasteiger partial charge on any atom is 0.334 e. The molecule has 0 bridgehead atoms. The normalized spacial score (nSPS) is 21.5. The number of carbonyl (C=O) groups is 1. The predicted octanol–water partition coefficient (Wildman–Crippen LogP) is 3.99. The summed E-state index contributed by atoms with van der Waals surface area (Å²) in [6.07, 6.45) is 3.40. The standard InChI is InChI=1S/C21H21NO3/c1-12-10-18(24-11-15-6-4-5-9-22-15)14(3)19-16(12)7-8-17-13(2)21(23)25-20(17)19/h4-6,9-10,17,20H,2,7-8,11H2,1,3H3/t17-,20+/m0/s1. The third-order valence-corrected chi connectivity index (χ3v) is 5.32. The van der Waals surface area contributed by atoms with Crippen LogP contribution in [-0.2, 0) is 22.6 Å². The third kappa shape index (κ3) is 2.62. The lowest BCUT2D eigenvalue weighted by atomic mass is 9.76. The number of esters is 1. The van der Waals surface area contributed by atoms with Crippen LogP contribution in [0, 0.1) is 19.8 Å². The topological polar surface area (TPSA) is 48.4 Å². The van der Waals surface area contributed by atoms with Crippen LogP contribution in [0.5, 0.6) is 5.75 Å². The predicted molar refractivity (Wildman–Crippen MR) is 94.3 cm³/mol. The van der Waals surface area contributed by atoms with Crippen molar-refractivity contribution in [3.8, 4) is 5.75 Å². The molecule has 2 heterocycles. The molecule has 1 aromatic heterocycles. The van der Waals surface area contributed by atoms with Gasteiger partial charge in [-0.2, -0.15) is 0 Å². The largest absolute Gasteiger partial charge is 0.487 e. The minimum absolute atomic E-state index is 0.0872. The monoisotopic (exact) mass is 335 g/mol. The van der Waals surface area contributed by atoms with Crippen LogP contribution in [0.1, 0.15) is 40.5 Å². The number of aromatic nitrogens is 1. The van der Waals surface area contributed by atoms with Gasteiger partial charge in [0.1, 0.15) is 18.5 Å². The summed E-state index contributed by atoms with van der Waals surface area (Å²) in [5.74, 6) is 0.653. The number of benzene rings is 1. The number of ether oxygens (including phenoxy) is 2. The highest BCUT2D eigenvalue weighted by atomic mass is 16.6. The van der Waals surface area contributed by atoms with Gasteiger partial charge in [-0.1, -0.05) is 12.6 Å². The van der Waals surface area contributed by atoms with E-state index in [9.17, 15) is 4.79 Å². The van der Waals surface area contributed by atoms with Crippen molar-refractivity contribution in [1.29, 1.82) is 0 Å². The Morgan fingerprint density at radius 3 is 2.96 bits per heavy atom. The van der Waals surface area contributed by atoms with E-state index in [1.807, 2.05) is 25.1 Å². The molecule has 128 valence electrons. The summed E-state index contributed by atoms with van der Waals surface area (Å²) >= 11 is 0. The van der Waals surface area contributed by atoms with Crippen LogP contribution in [0.4, 0.5) is 0 Å². The molecule has 4 nitrogen and oxygen atoms in total. The highest BCUT2D eigenvalue weighted by Gasteiger charge is 2.44. The number of aryl methyl sites for hydroxylation is 1. The fourth-order valence-electron chi connectivity index (χ4n) is 3.96. The number of hydrogen-bond donors (Lipinski definition) is 0. The first-order valence-electron chi connectivity index (χ1n) is 8.61. The van der Waals surface area contributed by atoms with E-state index in [-0.39, 0.29) is 18.0 Å². The van der Waals surface area contributed by atoms with E-state index in [2.05, 4.69) is 24.6 Å². The van der Waals surface area contributed by atoms with Gasteiger partial charge in [-0.05, 0) is 61.6 Å². The Bertz CT molecular complexity index is 857. The van der Waals surface area contributed by atoms with Crippen molar-refractivity contribution in [3.05, 3.63) is 70.6 Å². The van der Waals surface area contributed by atoms with E-state index in [0.29, 0.717) is 12.2 Å². The molecule has 1 saturated heterocycles. The summed E-state index contributed by atoms with van der Waals surface area (Å²) in [5.41, 5.74) is 6.12. The number of rotatable bonds is 3. The second-order valence-electron chi connectivity index (χ2n) is 6.81. The number of pyridine rings is 1. The van der Waals surface area contributed by atoms with Gasteiger partial charge in [-0.25, -0.2) is 4.79 Å². The Labute approximate surface area is 147 Å². The van der Waals surface area contributed by atoms with Gasteiger partial charge in [0, 0.05) is 23.3 Å². The molecule has 0 radical (unpaired) electrons. The zero-order valence-electron chi connectivity index (χ0n) is 14.5. The maximum atomic E-state index is 12.0. The highest BCUT2D eigenvalue weighted by molar-refractivity contribution is 5.91. The Hall–Kier alpha value is -2.62. The van der Waals surface area contributed by atoms with Crippen molar-refractivity contribution in [2.75, 3.05) is 0 Å². The quantitative estimate of drug-likeness (QED) is 0.628. The van der Waals surface area contributed by atoms with E-state index in [4.69, 9.17) is 9.47 Å². The molecule has 1 fully saturated rings. The van der Waals surface area contributed by atoms with Crippen LogP contribution >= 0.6 is 0 Å². The van der Waals surface area contributed by atoms with Crippen molar-refractivity contribution in [3.63, 3.8) is 0 Å². The van der Waals surface area contributed by atoms with E-state index >= 15 is 0 Å². The van der Waals surface area contributed by atoms with Crippen molar-refractivity contribution in [2.24, 2.45) is 5.92 Å². The molecular formula is C21H21NO3. The fraction of sp³-hybridized carbons (Fsp3) is 0.333. The molecule has 4 heteroatoms. The summed E-state index contributed by atoms with van der Waals surface area (Å²) in [4.78, 5) is 16.3. The second kappa shape index (κ2) is 6.03. The summed E-state index contributed by atoms with van der Waals surface area (Å²) in [5, 5.41) is 0. The summed E-state index contributed by atoms with van der Waals surface area (Å²) < 4.78 is 11.7. The molecule has 0 N–H and O–H groups in total. The average Bonchev–Trinajstić information content (AvgIpc) is 2.92. The number of carbonyl (C=O) groups excluding carboxylic acids is 1. The van der Waals surface area contributed by atoms with Gasteiger partial charge < -0.3 is 9.47 Å². The van der Waals surface area contributed by atoms with Gasteiger partial charge in [0.2, 0.25) is 0 Å². The van der Waals surface area contributed by atoms with E-state index in [1.165, 1.54) is 11.1 Å². The molecule has 0 unspecified atom stereocenters. The molecule has 0 saturated carbocycles. The summed E-state index contributed by atoms with van der Waals surface area (Å²) in [6.45, 7) is 8.49. The van der Waals surface area contributed by atoms with Crippen LogP contribution in [0.3, 0.4) is 0 Å². The first-order chi connectivity index (χ1) is 12.1. The van der Waals surface area contributed by atoms with Gasteiger partial charge in [0.25, 0.3) is 0 Å². The van der Waals surface area contributed by atoms with E-state index in [1.54, 1.807) is 6.20 Å². The van der Waals surface area contributed by atoms with Crippen LogP contribution in [0.25, 0.3) is 0 Å². The molecule has 0 spiro atoms. The number of nitrogens with zero attached hydrogens (tertiary/aromatic N) is 1. The first-order valence-corrected chi connectivity index (χ1v) is 8.61. The molecule has 4 rings (SSSR count). The molecule has 2 aromatic rings. The van der Waals surface area contributed by atoms with E-state index in [0.717, 1.165) is 35.4 Å². The van der Waals surface area contributed by atoms with Gasteiger partial charge in [0.05, 0.1) is 5.69 Å². The van der Waals surface area contributed by atoms with Crippen molar-refractivity contribution < 1.29 is 14.3 Å². The van der Waals surface area contributed by atoms with Crippen molar-refractivity contribution in [1.82, 2.24) is 4.98 Å². The maximum absolute atomic E-state index is 12.0. The van der Waals surface area contributed by atoms with Crippen molar-refractivity contribution >= 4 is 5.97 Å². The Morgan fingerprint density at radius 2 is 2.20 bits per heavy atom. The molecule has 1 aliphatic heterocycles. The van der Waals surface area contributed by atoms with Crippen LogP contribution in [0.15, 0.2) is 42.6 Å². The Kier molecular flexibility index (Phi) is 3.83. The molecule has 1 aromatic carbocycles. The third-order valence-electron chi connectivity index (χ3n) is 5.32. The summed E-state index contributed by atoms with van der Waals surface area (Å²) in [7, 11) is 0. The highest BCUT2D eigenvalue weighted by Crippen LogP contribution is 2.49. The second-order valence-corrected chi connectivity index (χ2v) is 6.81. The molecule has 0 amide bonds. The fourth-order valence-corrected chi connectivity index (χ4v) is 3.96. The lowest BCUT2D eigenvalue weighted by Gasteiger charge is -2.30.